The van der Waals surface area contributed by atoms with E-state index in [0.29, 0.717) is 48.7 Å². The van der Waals surface area contributed by atoms with Gasteiger partial charge in [-0.3, -0.25) is 29.5 Å². The maximum atomic E-state index is 16.4. The number of amides is 2. The summed E-state index contributed by atoms with van der Waals surface area (Å²) in [6.45, 7) is 6.89. The highest BCUT2D eigenvalue weighted by atomic mass is 35.5. The molecule has 0 bridgehead atoms. The average Bonchev–Trinajstić information content (AvgIpc) is 3.99. The number of hydrogen-bond donors (Lipinski definition) is 2. The quantitative estimate of drug-likeness (QED) is 0.137. The molecule has 13 nitrogen and oxygen atoms in total. The van der Waals surface area contributed by atoms with E-state index < -0.39 is 21.8 Å². The van der Waals surface area contributed by atoms with Crippen LogP contribution in [0.2, 0.25) is 5.02 Å². The first-order chi connectivity index (χ1) is 30.0. The second-order valence-corrected chi connectivity index (χ2v) is 18.7. The van der Waals surface area contributed by atoms with Gasteiger partial charge in [0.05, 0.1) is 11.6 Å². The molecule has 5 aromatic rings. The number of piperazine rings is 1. The largest absolute Gasteiger partial charge is 0.372 e. The van der Waals surface area contributed by atoms with Crippen molar-refractivity contribution in [2.45, 2.75) is 44.4 Å². The lowest BCUT2D eigenvalue weighted by molar-refractivity contribution is -0.134. The smallest absolute Gasteiger partial charge is 0.301 e. The summed E-state index contributed by atoms with van der Waals surface area (Å²) >= 11 is 6.48. The van der Waals surface area contributed by atoms with Crippen molar-refractivity contribution >= 4 is 50.7 Å². The number of nitrogens with one attached hydrogen (secondary N) is 2. The topological polar surface area (TPSA) is 136 Å². The Morgan fingerprint density at radius 1 is 0.790 bits per heavy atom. The van der Waals surface area contributed by atoms with E-state index in [0.717, 1.165) is 88.4 Å². The third kappa shape index (κ3) is 8.91. The number of hydrogen-bond acceptors (Lipinski definition) is 9. The van der Waals surface area contributed by atoms with Crippen molar-refractivity contribution in [3.05, 3.63) is 108 Å². The summed E-state index contributed by atoms with van der Waals surface area (Å²) in [5, 5.41) is 7.29. The molecule has 0 aliphatic carbocycles. The lowest BCUT2D eigenvalue weighted by Gasteiger charge is -2.40. The second-order valence-electron chi connectivity index (χ2n) is 16.5. The zero-order chi connectivity index (χ0) is 43.0. The maximum absolute atomic E-state index is 16.4. The lowest BCUT2D eigenvalue weighted by Crippen LogP contribution is -2.49. The van der Waals surface area contributed by atoms with Crippen molar-refractivity contribution in [2.24, 2.45) is 5.92 Å². The SMILES string of the molecule is O=C1CC[C@H](c2ccc(N3CCC(CN4CCN(c5ccc(-n6cc(-c7cc(Cl)cc(NS(=O)(=O)N8CCCC8)c7F)c(-c7ccncc7)n6)c(F)c5)CC4)CC3)cc2)C(=O)N1. The first-order valence-corrected chi connectivity index (χ1v) is 23.0. The van der Waals surface area contributed by atoms with Crippen molar-refractivity contribution in [2.75, 3.05) is 73.4 Å². The minimum absolute atomic E-state index is 0.00783. The molecular formula is C45H48ClF2N9O4S. The normalized spacial score (nSPS) is 19.6. The summed E-state index contributed by atoms with van der Waals surface area (Å²) in [7, 11) is -4.01. The lowest BCUT2D eigenvalue weighted by atomic mass is 9.90. The van der Waals surface area contributed by atoms with Crippen molar-refractivity contribution in [1.82, 2.24) is 29.3 Å². The van der Waals surface area contributed by atoms with Gasteiger partial charge < -0.3 is 9.80 Å². The van der Waals surface area contributed by atoms with Crippen LogP contribution in [0.1, 0.15) is 50.0 Å². The summed E-state index contributed by atoms with van der Waals surface area (Å²) in [6, 6.07) is 19.3. The first-order valence-electron chi connectivity index (χ1n) is 21.2. The Labute approximate surface area is 364 Å². The molecule has 2 N–H and O–H groups in total. The molecule has 0 saturated carbocycles. The van der Waals surface area contributed by atoms with Gasteiger partial charge in [0.25, 0.3) is 0 Å². The monoisotopic (exact) mass is 883 g/mol. The Morgan fingerprint density at radius 3 is 2.18 bits per heavy atom. The molecule has 17 heteroatoms. The molecule has 1 atom stereocenters. The molecule has 2 amide bonds. The minimum atomic E-state index is -4.01. The molecule has 324 valence electrons. The van der Waals surface area contributed by atoms with Crippen LogP contribution in [0.4, 0.5) is 25.8 Å². The van der Waals surface area contributed by atoms with Gasteiger partial charge >= 0.3 is 10.2 Å². The van der Waals surface area contributed by atoms with E-state index in [1.807, 2.05) is 18.2 Å². The molecular weight excluding hydrogens is 836 g/mol. The van der Waals surface area contributed by atoms with Gasteiger partial charge in [-0.25, -0.2) is 13.5 Å². The third-order valence-corrected chi connectivity index (χ3v) is 14.3. The molecule has 0 unspecified atom stereocenters. The van der Waals surface area contributed by atoms with E-state index >= 15 is 8.78 Å². The highest BCUT2D eigenvalue weighted by Gasteiger charge is 2.31. The van der Waals surface area contributed by atoms with E-state index in [1.54, 1.807) is 30.6 Å². The fourth-order valence-electron chi connectivity index (χ4n) is 9.14. The van der Waals surface area contributed by atoms with Crippen LogP contribution in [0.15, 0.2) is 85.3 Å². The van der Waals surface area contributed by atoms with Crippen molar-refractivity contribution in [3.63, 3.8) is 0 Å². The number of rotatable bonds is 11. The number of pyridine rings is 1. The molecule has 3 aromatic carbocycles. The number of carbonyl (C=O) groups excluding carboxylic acids is 2. The first kappa shape index (κ1) is 41.9. The highest BCUT2D eigenvalue weighted by Crippen LogP contribution is 2.39. The number of piperidine rings is 2. The number of halogens is 3. The number of carbonyl (C=O) groups is 2. The van der Waals surface area contributed by atoms with Crippen LogP contribution >= 0.6 is 11.6 Å². The molecule has 4 saturated heterocycles. The molecule has 6 heterocycles. The second kappa shape index (κ2) is 17.8. The summed E-state index contributed by atoms with van der Waals surface area (Å²) in [6.07, 6.45) is 9.23. The molecule has 62 heavy (non-hydrogen) atoms. The third-order valence-electron chi connectivity index (χ3n) is 12.6. The Balaban J connectivity index is 0.840. The highest BCUT2D eigenvalue weighted by molar-refractivity contribution is 7.90. The fourth-order valence-corrected chi connectivity index (χ4v) is 10.7. The molecule has 2 aromatic heterocycles. The van der Waals surface area contributed by atoms with E-state index in [-0.39, 0.29) is 39.7 Å². The van der Waals surface area contributed by atoms with Crippen molar-refractivity contribution < 1.29 is 26.8 Å². The molecule has 4 aliphatic heterocycles. The van der Waals surface area contributed by atoms with Gasteiger partial charge in [-0.2, -0.15) is 17.8 Å². The Bertz CT molecular complexity index is 2560. The average molecular weight is 884 g/mol. The summed E-state index contributed by atoms with van der Waals surface area (Å²) in [5.74, 6) is -1.44. The summed E-state index contributed by atoms with van der Waals surface area (Å²) in [5.41, 5.74) is 3.99. The number of benzene rings is 3. The summed E-state index contributed by atoms with van der Waals surface area (Å²) < 4.78 is 63.7. The van der Waals surface area contributed by atoms with E-state index in [1.165, 1.54) is 33.4 Å². The minimum Gasteiger partial charge on any atom is -0.372 e. The zero-order valence-corrected chi connectivity index (χ0v) is 35.7. The van der Waals surface area contributed by atoms with Crippen LogP contribution in [0, 0.1) is 17.6 Å². The van der Waals surface area contributed by atoms with E-state index in [4.69, 9.17) is 16.7 Å². The van der Waals surface area contributed by atoms with Gasteiger partial charge in [0.15, 0.2) is 11.6 Å². The van der Waals surface area contributed by atoms with Crippen molar-refractivity contribution in [3.8, 4) is 28.1 Å². The Morgan fingerprint density at radius 2 is 1.48 bits per heavy atom. The maximum Gasteiger partial charge on any atom is 0.301 e. The summed E-state index contributed by atoms with van der Waals surface area (Å²) in [4.78, 5) is 35.1. The number of imide groups is 1. The van der Waals surface area contributed by atoms with Gasteiger partial charge in [-0.15, -0.1) is 0 Å². The van der Waals surface area contributed by atoms with Crippen LogP contribution in [-0.2, 0) is 19.8 Å². The zero-order valence-electron chi connectivity index (χ0n) is 34.1. The van der Waals surface area contributed by atoms with Gasteiger partial charge in [-0.1, -0.05) is 23.7 Å². The fraction of sp³-hybridized carbons (Fsp3) is 0.378. The standard InChI is InChI=1S/C45H48ClF2N9O4S/c46-33-25-37(43(48)40(26-33)52-62(60,61)56-17-1-2-18-56)38-29-57(51-44(38)32-11-15-49-16-12-32)41-9-7-35(27-39(41)47)55-23-21-53(22-24-55)28-30-13-19-54(20-14-30)34-5-3-31(4-6-34)36-8-10-42(58)50-45(36)59/h3-7,9,11-12,15-16,25-27,29-30,36,52H,1-2,8,10,13-14,17-24,28H2,(H,50,58,59)/t36-/m1/s1. The molecule has 0 radical (unpaired) electrons. The Hall–Kier alpha value is -5.42. The predicted octanol–water partition coefficient (Wildman–Crippen LogP) is 6.84. The van der Waals surface area contributed by atoms with Crippen molar-refractivity contribution in [1.29, 1.82) is 0 Å². The van der Waals surface area contributed by atoms with E-state index in [2.05, 4.69) is 41.9 Å². The predicted molar refractivity (Wildman–Crippen MR) is 236 cm³/mol. The van der Waals surface area contributed by atoms with E-state index in [9.17, 15) is 18.0 Å². The van der Waals surface area contributed by atoms with Gasteiger partial charge in [-0.05, 0) is 98.2 Å². The van der Waals surface area contributed by atoms with Crippen LogP contribution in [0.5, 0.6) is 0 Å². The van der Waals surface area contributed by atoms with Crippen LogP contribution < -0.4 is 19.8 Å². The molecule has 0 spiro atoms. The number of aromatic nitrogens is 3. The Kier molecular flexibility index (Phi) is 12.0. The van der Waals surface area contributed by atoms with Crippen LogP contribution in [0.25, 0.3) is 28.1 Å². The number of anilines is 3. The van der Waals surface area contributed by atoms with Crippen LogP contribution in [0.3, 0.4) is 0 Å². The van der Waals surface area contributed by atoms with Gasteiger partial charge in [0.1, 0.15) is 11.4 Å². The van der Waals surface area contributed by atoms with Gasteiger partial charge in [0.2, 0.25) is 11.8 Å². The molecule has 4 fully saturated rings. The molecule has 9 rings (SSSR count). The molecule has 4 aliphatic rings. The van der Waals surface area contributed by atoms with Crippen LogP contribution in [-0.4, -0.2) is 103 Å². The van der Waals surface area contributed by atoms with Gasteiger partial charge in [0, 0.05) is 117 Å². The number of nitrogens with zero attached hydrogens (tertiary/aromatic N) is 7.